The molecule has 10 heteroatoms. The van der Waals surface area contributed by atoms with Gasteiger partial charge in [-0.05, 0) is 44.9 Å². The van der Waals surface area contributed by atoms with Gasteiger partial charge in [-0.3, -0.25) is 4.79 Å². The summed E-state index contributed by atoms with van der Waals surface area (Å²) in [5, 5.41) is 14.5. The Bertz CT molecular complexity index is 1010. The first-order valence-corrected chi connectivity index (χ1v) is 9.05. The summed E-state index contributed by atoms with van der Waals surface area (Å²) < 4.78 is 32.6. The van der Waals surface area contributed by atoms with Crippen LogP contribution in [0.15, 0.2) is 22.6 Å². The highest BCUT2D eigenvalue weighted by Crippen LogP contribution is 2.22. The van der Waals surface area contributed by atoms with Gasteiger partial charge in [0, 0.05) is 24.7 Å². The predicted octanol–water partition coefficient (Wildman–Crippen LogP) is 2.67. The molecular weight excluding hydrogens is 370 g/mol. The van der Waals surface area contributed by atoms with E-state index in [0.717, 1.165) is 10.1 Å². The number of anilines is 1. The Hall–Kier alpha value is -3.04. The number of piperidine rings is 1. The topological polar surface area (TPSA) is 88.6 Å². The summed E-state index contributed by atoms with van der Waals surface area (Å²) in [6.45, 7) is 4.94. The lowest BCUT2D eigenvalue weighted by molar-refractivity contribution is 0.0900. The van der Waals surface area contributed by atoms with Crippen molar-refractivity contribution < 1.29 is 18.0 Å². The molecule has 8 nitrogen and oxygen atoms in total. The standard InChI is InChI=1S/C18H20F2N6O2/c1-10-9-11(2)28-15(10)18(27)21-12-5-7-25(8-6-12)14-4-3-13-22-23-17(16(19)20)26(13)24-14/h3-4,9,12,16H,5-8H2,1-2H3,(H,21,27). The fraction of sp³-hybridized carbons (Fsp3) is 0.444. The van der Waals surface area contributed by atoms with Crippen LogP contribution in [0.2, 0.25) is 0 Å². The maximum Gasteiger partial charge on any atom is 0.299 e. The van der Waals surface area contributed by atoms with Crippen molar-refractivity contribution in [1.82, 2.24) is 25.1 Å². The number of hydrogen-bond acceptors (Lipinski definition) is 6. The quantitative estimate of drug-likeness (QED) is 0.737. The molecule has 0 saturated carbocycles. The largest absolute Gasteiger partial charge is 0.456 e. The van der Waals surface area contributed by atoms with Crippen molar-refractivity contribution in [2.45, 2.75) is 39.2 Å². The number of hydrogen-bond donors (Lipinski definition) is 1. The zero-order chi connectivity index (χ0) is 19.8. The number of halogens is 2. The third-order valence-electron chi connectivity index (χ3n) is 4.87. The smallest absolute Gasteiger partial charge is 0.299 e. The first kappa shape index (κ1) is 18.3. The van der Waals surface area contributed by atoms with Crippen LogP contribution in [-0.2, 0) is 0 Å². The van der Waals surface area contributed by atoms with Gasteiger partial charge < -0.3 is 14.6 Å². The Morgan fingerprint density at radius 2 is 2.00 bits per heavy atom. The molecule has 1 N–H and O–H groups in total. The van der Waals surface area contributed by atoms with Crippen molar-refractivity contribution in [2.24, 2.45) is 0 Å². The summed E-state index contributed by atoms with van der Waals surface area (Å²) in [4.78, 5) is 14.4. The average Bonchev–Trinajstić information content (AvgIpc) is 3.24. The lowest BCUT2D eigenvalue weighted by atomic mass is 10.0. The van der Waals surface area contributed by atoms with Gasteiger partial charge in [-0.1, -0.05) is 0 Å². The summed E-state index contributed by atoms with van der Waals surface area (Å²) >= 11 is 0. The second-order valence-electron chi connectivity index (χ2n) is 6.92. The maximum absolute atomic E-state index is 13.0. The molecule has 3 aromatic heterocycles. The Morgan fingerprint density at radius 3 is 2.64 bits per heavy atom. The zero-order valence-electron chi connectivity index (χ0n) is 15.5. The molecule has 1 amide bonds. The van der Waals surface area contributed by atoms with Gasteiger partial charge in [-0.25, -0.2) is 8.78 Å². The summed E-state index contributed by atoms with van der Waals surface area (Å²) in [5.74, 6) is 0.949. The molecule has 1 saturated heterocycles. The van der Waals surface area contributed by atoms with E-state index < -0.39 is 12.2 Å². The molecule has 148 valence electrons. The number of rotatable bonds is 4. The van der Waals surface area contributed by atoms with Crippen molar-refractivity contribution in [2.75, 3.05) is 18.0 Å². The molecule has 0 bridgehead atoms. The van der Waals surface area contributed by atoms with Crippen LogP contribution in [-0.4, -0.2) is 44.8 Å². The van der Waals surface area contributed by atoms with Crippen LogP contribution in [0.1, 0.15) is 47.0 Å². The fourth-order valence-corrected chi connectivity index (χ4v) is 3.47. The van der Waals surface area contributed by atoms with Crippen molar-refractivity contribution in [3.63, 3.8) is 0 Å². The molecule has 28 heavy (non-hydrogen) atoms. The molecule has 1 fully saturated rings. The van der Waals surface area contributed by atoms with Crippen LogP contribution >= 0.6 is 0 Å². The number of alkyl halides is 2. The van der Waals surface area contributed by atoms with E-state index >= 15 is 0 Å². The van der Waals surface area contributed by atoms with Crippen molar-refractivity contribution in [1.29, 1.82) is 0 Å². The minimum atomic E-state index is -2.74. The first-order chi connectivity index (χ1) is 13.4. The Balaban J connectivity index is 1.41. The molecule has 1 aliphatic rings. The number of nitrogens with zero attached hydrogens (tertiary/aromatic N) is 5. The van der Waals surface area contributed by atoms with E-state index in [0.29, 0.717) is 43.3 Å². The third-order valence-corrected chi connectivity index (χ3v) is 4.87. The normalized spacial score (nSPS) is 15.5. The van der Waals surface area contributed by atoms with Gasteiger partial charge in [0.1, 0.15) is 11.6 Å². The van der Waals surface area contributed by atoms with Crippen LogP contribution in [0.5, 0.6) is 0 Å². The molecule has 1 aliphatic heterocycles. The van der Waals surface area contributed by atoms with Gasteiger partial charge >= 0.3 is 0 Å². The van der Waals surface area contributed by atoms with E-state index in [9.17, 15) is 13.6 Å². The van der Waals surface area contributed by atoms with Crippen LogP contribution in [0.25, 0.3) is 5.65 Å². The molecule has 0 unspecified atom stereocenters. The Morgan fingerprint density at radius 1 is 1.25 bits per heavy atom. The van der Waals surface area contributed by atoms with Gasteiger partial charge in [0.2, 0.25) is 5.82 Å². The van der Waals surface area contributed by atoms with Gasteiger partial charge in [-0.15, -0.1) is 15.3 Å². The second kappa shape index (κ2) is 7.17. The van der Waals surface area contributed by atoms with E-state index in [1.165, 1.54) is 0 Å². The van der Waals surface area contributed by atoms with Crippen molar-refractivity contribution in [3.8, 4) is 0 Å². The number of aryl methyl sites for hydroxylation is 2. The second-order valence-corrected chi connectivity index (χ2v) is 6.92. The summed E-state index contributed by atoms with van der Waals surface area (Å²) in [7, 11) is 0. The van der Waals surface area contributed by atoms with Gasteiger partial charge in [0.15, 0.2) is 11.4 Å². The Kier molecular flexibility index (Phi) is 4.70. The summed E-state index contributed by atoms with van der Waals surface area (Å²) in [6, 6.07) is 5.21. The summed E-state index contributed by atoms with van der Waals surface area (Å²) in [6.07, 6.45) is -1.31. The van der Waals surface area contributed by atoms with Crippen molar-refractivity contribution >= 4 is 17.4 Å². The van der Waals surface area contributed by atoms with Gasteiger partial charge in [0.05, 0.1) is 0 Å². The fourth-order valence-electron chi connectivity index (χ4n) is 3.47. The molecule has 0 aromatic carbocycles. The van der Waals surface area contributed by atoms with E-state index in [1.807, 2.05) is 17.9 Å². The number of nitrogens with one attached hydrogen (secondary N) is 1. The maximum atomic E-state index is 13.0. The lowest BCUT2D eigenvalue weighted by Gasteiger charge is -2.32. The van der Waals surface area contributed by atoms with E-state index in [-0.39, 0.29) is 17.6 Å². The highest BCUT2D eigenvalue weighted by molar-refractivity contribution is 5.93. The number of amides is 1. The number of carbonyl (C=O) groups excluding carboxylic acids is 1. The number of aromatic nitrogens is 4. The number of carbonyl (C=O) groups is 1. The van der Waals surface area contributed by atoms with Gasteiger partial charge in [-0.2, -0.15) is 4.52 Å². The molecule has 0 atom stereocenters. The molecule has 3 aromatic rings. The Labute approximate surface area is 159 Å². The minimum absolute atomic E-state index is 0.0174. The SMILES string of the molecule is Cc1cc(C)c(C(=O)NC2CCN(c3ccc4nnc(C(F)F)n4n3)CC2)o1. The zero-order valence-corrected chi connectivity index (χ0v) is 15.5. The van der Waals surface area contributed by atoms with E-state index in [4.69, 9.17) is 4.42 Å². The third kappa shape index (κ3) is 3.41. The summed E-state index contributed by atoms with van der Waals surface area (Å²) in [5.41, 5.74) is 1.10. The molecule has 0 radical (unpaired) electrons. The molecule has 0 spiro atoms. The number of fused-ring (bicyclic) bond motifs is 1. The van der Waals surface area contributed by atoms with Crippen LogP contribution in [0.4, 0.5) is 14.6 Å². The monoisotopic (exact) mass is 390 g/mol. The van der Waals surface area contributed by atoms with Crippen LogP contribution in [0.3, 0.4) is 0 Å². The number of furan rings is 1. The average molecular weight is 390 g/mol. The van der Waals surface area contributed by atoms with E-state index in [2.05, 4.69) is 20.6 Å². The highest BCUT2D eigenvalue weighted by Gasteiger charge is 2.25. The lowest BCUT2D eigenvalue weighted by Crippen LogP contribution is -2.45. The predicted molar refractivity (Wildman–Crippen MR) is 96.6 cm³/mol. The van der Waals surface area contributed by atoms with E-state index in [1.54, 1.807) is 19.1 Å². The molecule has 4 heterocycles. The molecule has 0 aliphatic carbocycles. The van der Waals surface area contributed by atoms with Crippen molar-refractivity contribution in [3.05, 3.63) is 41.1 Å². The van der Waals surface area contributed by atoms with Crippen LogP contribution in [0, 0.1) is 13.8 Å². The van der Waals surface area contributed by atoms with Crippen LogP contribution < -0.4 is 10.2 Å². The minimum Gasteiger partial charge on any atom is -0.456 e. The highest BCUT2D eigenvalue weighted by atomic mass is 19.3. The molecular formula is C18H20F2N6O2. The van der Waals surface area contributed by atoms with Gasteiger partial charge in [0.25, 0.3) is 12.3 Å². The first-order valence-electron chi connectivity index (χ1n) is 9.05. The molecule has 4 rings (SSSR count).